The molecule has 124 valence electrons. The average Bonchev–Trinajstić information content (AvgIpc) is 2.96. The van der Waals surface area contributed by atoms with Crippen LogP contribution in [0.5, 0.6) is 0 Å². The van der Waals surface area contributed by atoms with Crippen molar-refractivity contribution in [3.05, 3.63) is 58.4 Å². The lowest BCUT2D eigenvalue weighted by atomic mass is 10.0. The Morgan fingerprint density at radius 2 is 2.25 bits per heavy atom. The van der Waals surface area contributed by atoms with Crippen molar-refractivity contribution < 1.29 is 0 Å². The Labute approximate surface area is 146 Å². The molecule has 0 amide bonds. The van der Waals surface area contributed by atoms with Gasteiger partial charge in [-0.05, 0) is 36.2 Å². The maximum absolute atomic E-state index is 6.18. The van der Waals surface area contributed by atoms with Crippen LogP contribution in [0.25, 0.3) is 11.0 Å². The van der Waals surface area contributed by atoms with E-state index in [0.717, 1.165) is 47.9 Å². The molecule has 2 aromatic heterocycles. The van der Waals surface area contributed by atoms with Gasteiger partial charge in [0.15, 0.2) is 5.65 Å². The molecule has 1 saturated heterocycles. The van der Waals surface area contributed by atoms with Gasteiger partial charge in [0, 0.05) is 54.5 Å². The van der Waals surface area contributed by atoms with Crippen LogP contribution in [-0.4, -0.2) is 39.7 Å². The average molecular weight is 342 g/mol. The standard InChI is InChI=1S/C18H20ClN5/c1-12-16-7-13(9-21-18(16)23-22-12)11-24-6-5-20-10-17(24)14-3-2-4-15(19)8-14/h2-4,7-9,17,20H,5-6,10-11H2,1H3,(H,21,22,23). The third kappa shape index (κ3) is 3.02. The largest absolute Gasteiger partial charge is 0.314 e. The quantitative estimate of drug-likeness (QED) is 0.768. The second-order valence-corrected chi connectivity index (χ2v) is 6.75. The molecule has 4 rings (SSSR count). The van der Waals surface area contributed by atoms with E-state index in [2.05, 4.69) is 43.6 Å². The van der Waals surface area contributed by atoms with Gasteiger partial charge in [-0.3, -0.25) is 10.00 Å². The van der Waals surface area contributed by atoms with E-state index in [0.29, 0.717) is 6.04 Å². The minimum absolute atomic E-state index is 0.318. The molecular weight excluding hydrogens is 322 g/mol. The van der Waals surface area contributed by atoms with Crippen molar-refractivity contribution in [1.29, 1.82) is 0 Å². The summed E-state index contributed by atoms with van der Waals surface area (Å²) in [4.78, 5) is 6.96. The normalized spacial score (nSPS) is 19.0. The molecular formula is C18H20ClN5. The predicted octanol–water partition coefficient (Wildman–Crippen LogP) is 3.07. The lowest BCUT2D eigenvalue weighted by Gasteiger charge is -2.36. The van der Waals surface area contributed by atoms with Gasteiger partial charge >= 0.3 is 0 Å². The highest BCUT2D eigenvalue weighted by Gasteiger charge is 2.24. The molecule has 2 N–H and O–H groups in total. The number of fused-ring (bicyclic) bond motifs is 1. The van der Waals surface area contributed by atoms with Gasteiger partial charge in [-0.1, -0.05) is 23.7 Å². The summed E-state index contributed by atoms with van der Waals surface area (Å²) in [6.45, 7) is 5.82. The Kier molecular flexibility index (Phi) is 4.22. The number of nitrogens with zero attached hydrogens (tertiary/aromatic N) is 3. The van der Waals surface area contributed by atoms with Crippen molar-refractivity contribution in [3.63, 3.8) is 0 Å². The van der Waals surface area contributed by atoms with E-state index < -0.39 is 0 Å². The second-order valence-electron chi connectivity index (χ2n) is 6.31. The molecule has 1 aliphatic heterocycles. The lowest BCUT2D eigenvalue weighted by molar-refractivity contribution is 0.153. The van der Waals surface area contributed by atoms with Gasteiger partial charge in [0.05, 0.1) is 0 Å². The van der Waals surface area contributed by atoms with Crippen LogP contribution in [0.15, 0.2) is 36.5 Å². The molecule has 1 unspecified atom stereocenters. The highest BCUT2D eigenvalue weighted by molar-refractivity contribution is 6.30. The van der Waals surface area contributed by atoms with Crippen LogP contribution in [0, 0.1) is 6.92 Å². The van der Waals surface area contributed by atoms with Crippen molar-refractivity contribution in [2.45, 2.75) is 19.5 Å². The van der Waals surface area contributed by atoms with Gasteiger partial charge in [0.1, 0.15) is 0 Å². The number of pyridine rings is 1. The van der Waals surface area contributed by atoms with Crippen LogP contribution >= 0.6 is 11.6 Å². The van der Waals surface area contributed by atoms with E-state index in [4.69, 9.17) is 11.6 Å². The number of aryl methyl sites for hydroxylation is 1. The SMILES string of the molecule is Cc1[nH]nc2ncc(CN3CCNCC3c3cccc(Cl)c3)cc12. The molecule has 24 heavy (non-hydrogen) atoms. The molecule has 0 aliphatic carbocycles. The monoisotopic (exact) mass is 341 g/mol. The Balaban J connectivity index is 1.61. The summed E-state index contributed by atoms with van der Waals surface area (Å²) in [6, 6.07) is 10.7. The van der Waals surface area contributed by atoms with Crippen molar-refractivity contribution in [2.75, 3.05) is 19.6 Å². The summed E-state index contributed by atoms with van der Waals surface area (Å²) < 4.78 is 0. The van der Waals surface area contributed by atoms with Gasteiger partial charge in [0.2, 0.25) is 0 Å². The number of piperazine rings is 1. The zero-order valence-electron chi connectivity index (χ0n) is 13.6. The van der Waals surface area contributed by atoms with E-state index in [1.165, 1.54) is 11.1 Å². The first-order chi connectivity index (χ1) is 11.7. The van der Waals surface area contributed by atoms with Crippen LogP contribution in [0.1, 0.15) is 22.9 Å². The predicted molar refractivity (Wildman–Crippen MR) is 96.1 cm³/mol. The molecule has 1 atom stereocenters. The molecule has 0 spiro atoms. The fourth-order valence-corrected chi connectivity index (χ4v) is 3.56. The Bertz CT molecular complexity index is 859. The first-order valence-electron chi connectivity index (χ1n) is 8.20. The second kappa shape index (κ2) is 6.51. The van der Waals surface area contributed by atoms with Gasteiger partial charge < -0.3 is 5.32 Å². The number of H-pyrrole nitrogens is 1. The molecule has 0 radical (unpaired) electrons. The number of nitrogens with one attached hydrogen (secondary N) is 2. The fraction of sp³-hybridized carbons (Fsp3) is 0.333. The molecule has 5 nitrogen and oxygen atoms in total. The number of hydrogen-bond donors (Lipinski definition) is 2. The van der Waals surface area contributed by atoms with Crippen molar-refractivity contribution in [1.82, 2.24) is 25.4 Å². The number of hydrogen-bond acceptors (Lipinski definition) is 4. The highest BCUT2D eigenvalue weighted by Crippen LogP contribution is 2.26. The molecule has 1 aromatic carbocycles. The number of aromatic amines is 1. The molecule has 0 saturated carbocycles. The summed E-state index contributed by atoms with van der Waals surface area (Å²) in [5.41, 5.74) is 4.30. The van der Waals surface area contributed by atoms with Crippen molar-refractivity contribution in [3.8, 4) is 0 Å². The molecule has 1 fully saturated rings. The molecule has 0 bridgehead atoms. The van der Waals surface area contributed by atoms with Gasteiger partial charge in [0.25, 0.3) is 0 Å². The first-order valence-corrected chi connectivity index (χ1v) is 8.58. The first kappa shape index (κ1) is 15.6. The van der Waals surface area contributed by atoms with E-state index in [1.54, 1.807) is 0 Å². The maximum Gasteiger partial charge on any atom is 0.181 e. The van der Waals surface area contributed by atoms with Crippen molar-refractivity contribution >= 4 is 22.6 Å². The molecule has 6 heteroatoms. The van der Waals surface area contributed by atoms with Crippen LogP contribution in [-0.2, 0) is 6.54 Å². The van der Waals surface area contributed by atoms with Crippen LogP contribution in [0.3, 0.4) is 0 Å². The Hall–Kier alpha value is -1.95. The number of benzene rings is 1. The summed E-state index contributed by atoms with van der Waals surface area (Å²) >= 11 is 6.18. The van der Waals surface area contributed by atoms with E-state index in [9.17, 15) is 0 Å². The third-order valence-electron chi connectivity index (χ3n) is 4.63. The molecule has 3 heterocycles. The maximum atomic E-state index is 6.18. The number of aromatic nitrogens is 3. The van der Waals surface area contributed by atoms with E-state index in [-0.39, 0.29) is 0 Å². The van der Waals surface area contributed by atoms with E-state index in [1.807, 2.05) is 25.3 Å². The number of halogens is 1. The third-order valence-corrected chi connectivity index (χ3v) is 4.87. The Morgan fingerprint density at radius 3 is 3.12 bits per heavy atom. The van der Waals surface area contributed by atoms with Crippen LogP contribution in [0.2, 0.25) is 5.02 Å². The smallest absolute Gasteiger partial charge is 0.181 e. The highest BCUT2D eigenvalue weighted by atomic mass is 35.5. The van der Waals surface area contributed by atoms with E-state index >= 15 is 0 Å². The summed E-state index contributed by atoms with van der Waals surface area (Å²) in [5, 5.41) is 12.6. The van der Waals surface area contributed by atoms with Gasteiger partial charge in [-0.25, -0.2) is 4.98 Å². The summed E-state index contributed by atoms with van der Waals surface area (Å²) in [5.74, 6) is 0. The topological polar surface area (TPSA) is 56.8 Å². The summed E-state index contributed by atoms with van der Waals surface area (Å²) in [7, 11) is 0. The van der Waals surface area contributed by atoms with Crippen molar-refractivity contribution in [2.24, 2.45) is 0 Å². The summed E-state index contributed by atoms with van der Waals surface area (Å²) in [6.07, 6.45) is 1.93. The zero-order chi connectivity index (χ0) is 16.5. The molecule has 1 aliphatic rings. The lowest BCUT2D eigenvalue weighted by Crippen LogP contribution is -2.45. The van der Waals surface area contributed by atoms with Crippen LogP contribution in [0.4, 0.5) is 0 Å². The van der Waals surface area contributed by atoms with Crippen LogP contribution < -0.4 is 5.32 Å². The minimum atomic E-state index is 0.318. The minimum Gasteiger partial charge on any atom is -0.314 e. The number of rotatable bonds is 3. The fourth-order valence-electron chi connectivity index (χ4n) is 3.36. The van der Waals surface area contributed by atoms with Gasteiger partial charge in [-0.15, -0.1) is 0 Å². The molecule has 3 aromatic rings. The Morgan fingerprint density at radius 1 is 1.33 bits per heavy atom. The van der Waals surface area contributed by atoms with Gasteiger partial charge in [-0.2, -0.15) is 5.10 Å². The zero-order valence-corrected chi connectivity index (χ0v) is 14.3.